The van der Waals surface area contributed by atoms with Gasteiger partial charge in [0.1, 0.15) is 0 Å². The van der Waals surface area contributed by atoms with Crippen LogP contribution in [0.1, 0.15) is 21.5 Å². The molecule has 0 radical (unpaired) electrons. The SMILES string of the molecule is Cc1cc(S(=O)(=O)Nc2cnc(N(C)C)nc2)cc(C(=O)O)c1C. The number of hydrogen-bond donors (Lipinski definition) is 2. The smallest absolute Gasteiger partial charge is 0.336 e. The van der Waals surface area contributed by atoms with Gasteiger partial charge in [0.25, 0.3) is 10.0 Å². The molecule has 0 saturated heterocycles. The second kappa shape index (κ2) is 6.44. The maximum absolute atomic E-state index is 12.5. The molecule has 0 atom stereocenters. The first-order valence-corrected chi connectivity index (χ1v) is 8.47. The lowest BCUT2D eigenvalue weighted by Crippen LogP contribution is -2.16. The molecule has 0 saturated carbocycles. The lowest BCUT2D eigenvalue weighted by molar-refractivity contribution is 0.0695. The summed E-state index contributed by atoms with van der Waals surface area (Å²) in [5, 5.41) is 9.21. The minimum Gasteiger partial charge on any atom is -0.478 e. The molecule has 0 fully saturated rings. The quantitative estimate of drug-likeness (QED) is 0.843. The number of aromatic carboxylic acids is 1. The second-order valence-electron chi connectivity index (χ2n) is 5.49. The average Bonchev–Trinajstić information content (AvgIpc) is 2.49. The van der Waals surface area contributed by atoms with E-state index in [4.69, 9.17) is 0 Å². The summed E-state index contributed by atoms with van der Waals surface area (Å²) in [4.78, 5) is 20.9. The molecule has 2 rings (SSSR count). The molecular formula is C15H18N4O4S. The number of nitrogens with one attached hydrogen (secondary N) is 1. The molecule has 0 unspecified atom stereocenters. The summed E-state index contributed by atoms with van der Waals surface area (Å²) in [5.41, 5.74) is 1.25. The Kier molecular flexibility index (Phi) is 4.74. The molecule has 24 heavy (non-hydrogen) atoms. The fourth-order valence-electron chi connectivity index (χ4n) is 2.02. The fourth-order valence-corrected chi connectivity index (χ4v) is 3.16. The Balaban J connectivity index is 2.38. The first-order chi connectivity index (χ1) is 11.1. The number of hydrogen-bond acceptors (Lipinski definition) is 6. The van der Waals surface area contributed by atoms with Crippen molar-refractivity contribution in [3.63, 3.8) is 0 Å². The van der Waals surface area contributed by atoms with Crippen LogP contribution in [0.15, 0.2) is 29.4 Å². The van der Waals surface area contributed by atoms with Gasteiger partial charge in [-0.05, 0) is 37.1 Å². The van der Waals surface area contributed by atoms with Gasteiger partial charge in [-0.1, -0.05) is 0 Å². The number of carbonyl (C=O) groups is 1. The topological polar surface area (TPSA) is 112 Å². The van der Waals surface area contributed by atoms with Crippen LogP contribution in [-0.2, 0) is 10.0 Å². The molecule has 0 amide bonds. The van der Waals surface area contributed by atoms with Crippen LogP contribution in [0.4, 0.5) is 11.6 Å². The van der Waals surface area contributed by atoms with E-state index in [1.54, 1.807) is 32.8 Å². The molecule has 128 valence electrons. The number of sulfonamides is 1. The maximum Gasteiger partial charge on any atom is 0.336 e. The van der Waals surface area contributed by atoms with Gasteiger partial charge in [-0.3, -0.25) is 4.72 Å². The van der Waals surface area contributed by atoms with Crippen molar-refractivity contribution in [2.75, 3.05) is 23.7 Å². The lowest BCUT2D eigenvalue weighted by Gasteiger charge is -2.13. The van der Waals surface area contributed by atoms with Crippen molar-refractivity contribution >= 4 is 27.6 Å². The molecular weight excluding hydrogens is 332 g/mol. The van der Waals surface area contributed by atoms with Gasteiger partial charge in [-0.2, -0.15) is 0 Å². The van der Waals surface area contributed by atoms with Crippen molar-refractivity contribution in [2.24, 2.45) is 0 Å². The Hall–Kier alpha value is -2.68. The van der Waals surface area contributed by atoms with Crippen molar-refractivity contribution in [1.29, 1.82) is 0 Å². The minimum absolute atomic E-state index is 0.0467. The summed E-state index contributed by atoms with van der Waals surface area (Å²) < 4.78 is 27.3. The number of aryl methyl sites for hydroxylation is 1. The molecule has 1 heterocycles. The number of carboxylic acids is 1. The van der Waals surface area contributed by atoms with Crippen LogP contribution in [0.25, 0.3) is 0 Å². The zero-order valence-electron chi connectivity index (χ0n) is 13.7. The van der Waals surface area contributed by atoms with Gasteiger partial charge in [-0.25, -0.2) is 23.2 Å². The average molecular weight is 350 g/mol. The number of anilines is 2. The van der Waals surface area contributed by atoms with Crippen LogP contribution in [0, 0.1) is 13.8 Å². The molecule has 9 heteroatoms. The highest BCUT2D eigenvalue weighted by Crippen LogP contribution is 2.22. The van der Waals surface area contributed by atoms with E-state index in [2.05, 4.69) is 14.7 Å². The van der Waals surface area contributed by atoms with Crippen molar-refractivity contribution in [3.05, 3.63) is 41.2 Å². The van der Waals surface area contributed by atoms with E-state index in [-0.39, 0.29) is 16.1 Å². The van der Waals surface area contributed by atoms with Gasteiger partial charge in [0.2, 0.25) is 5.95 Å². The van der Waals surface area contributed by atoms with Gasteiger partial charge in [0, 0.05) is 14.1 Å². The Labute approximate surface area is 140 Å². The molecule has 8 nitrogen and oxygen atoms in total. The summed E-state index contributed by atoms with van der Waals surface area (Å²) in [6.45, 7) is 3.30. The van der Waals surface area contributed by atoms with Crippen molar-refractivity contribution in [3.8, 4) is 0 Å². The minimum atomic E-state index is -3.95. The Bertz CT molecular complexity index is 877. The Morgan fingerprint density at radius 1 is 1.17 bits per heavy atom. The third kappa shape index (κ3) is 3.62. The van der Waals surface area contributed by atoms with E-state index >= 15 is 0 Å². The Morgan fingerprint density at radius 3 is 2.25 bits per heavy atom. The van der Waals surface area contributed by atoms with E-state index in [0.29, 0.717) is 17.1 Å². The van der Waals surface area contributed by atoms with Crippen LogP contribution in [0.5, 0.6) is 0 Å². The van der Waals surface area contributed by atoms with Crippen LogP contribution in [0.3, 0.4) is 0 Å². The van der Waals surface area contributed by atoms with Crippen molar-refractivity contribution in [2.45, 2.75) is 18.7 Å². The summed E-state index contributed by atoms with van der Waals surface area (Å²) >= 11 is 0. The summed E-state index contributed by atoms with van der Waals surface area (Å²) in [7, 11) is -0.418. The largest absolute Gasteiger partial charge is 0.478 e. The Morgan fingerprint density at radius 2 is 1.75 bits per heavy atom. The molecule has 0 aliphatic rings. The predicted molar refractivity (Wildman–Crippen MR) is 90.0 cm³/mol. The normalized spacial score (nSPS) is 11.2. The molecule has 0 aliphatic carbocycles. The number of carboxylic acid groups (broad SMARTS) is 1. The molecule has 0 aliphatic heterocycles. The van der Waals surface area contributed by atoms with Crippen LogP contribution < -0.4 is 9.62 Å². The van der Waals surface area contributed by atoms with Crippen LogP contribution in [0.2, 0.25) is 0 Å². The maximum atomic E-state index is 12.5. The first-order valence-electron chi connectivity index (χ1n) is 6.98. The molecule has 1 aromatic heterocycles. The van der Waals surface area contributed by atoms with E-state index < -0.39 is 16.0 Å². The highest BCUT2D eigenvalue weighted by molar-refractivity contribution is 7.92. The highest BCUT2D eigenvalue weighted by Gasteiger charge is 2.20. The molecule has 0 spiro atoms. The number of rotatable bonds is 5. The molecule has 0 bridgehead atoms. The van der Waals surface area contributed by atoms with Gasteiger partial charge in [0.15, 0.2) is 0 Å². The zero-order chi connectivity index (χ0) is 18.1. The molecule has 2 aromatic rings. The predicted octanol–water partition coefficient (Wildman–Crippen LogP) is 1.66. The third-order valence-electron chi connectivity index (χ3n) is 3.47. The fraction of sp³-hybridized carbons (Fsp3) is 0.267. The first kappa shape index (κ1) is 17.7. The monoisotopic (exact) mass is 350 g/mol. The van der Waals surface area contributed by atoms with Gasteiger partial charge in [0.05, 0.1) is 28.5 Å². The highest BCUT2D eigenvalue weighted by atomic mass is 32.2. The van der Waals surface area contributed by atoms with Crippen molar-refractivity contribution < 1.29 is 18.3 Å². The zero-order valence-corrected chi connectivity index (χ0v) is 14.5. The van der Waals surface area contributed by atoms with Gasteiger partial charge >= 0.3 is 5.97 Å². The van der Waals surface area contributed by atoms with E-state index in [9.17, 15) is 18.3 Å². The second-order valence-corrected chi connectivity index (χ2v) is 7.17. The van der Waals surface area contributed by atoms with Crippen LogP contribution >= 0.6 is 0 Å². The third-order valence-corrected chi connectivity index (χ3v) is 4.83. The summed E-state index contributed by atoms with van der Waals surface area (Å²) in [6.07, 6.45) is 2.69. The summed E-state index contributed by atoms with van der Waals surface area (Å²) in [5.74, 6) is -0.733. The lowest BCUT2D eigenvalue weighted by atomic mass is 10.0. The van der Waals surface area contributed by atoms with Gasteiger partial charge < -0.3 is 10.0 Å². The molecule has 1 aromatic carbocycles. The number of aromatic nitrogens is 2. The van der Waals surface area contributed by atoms with E-state index in [0.717, 1.165) is 6.07 Å². The molecule has 2 N–H and O–H groups in total. The van der Waals surface area contributed by atoms with E-state index in [1.807, 2.05) is 0 Å². The van der Waals surface area contributed by atoms with Gasteiger partial charge in [-0.15, -0.1) is 0 Å². The number of benzene rings is 1. The van der Waals surface area contributed by atoms with E-state index in [1.165, 1.54) is 18.5 Å². The summed E-state index contributed by atoms with van der Waals surface area (Å²) in [6, 6.07) is 2.57. The van der Waals surface area contributed by atoms with Crippen molar-refractivity contribution in [1.82, 2.24) is 9.97 Å². The van der Waals surface area contributed by atoms with Crippen LogP contribution in [-0.4, -0.2) is 43.6 Å². The standard InChI is InChI=1S/C15H18N4O4S/c1-9-5-12(6-13(10(9)2)14(20)21)24(22,23)18-11-7-16-15(17-8-11)19(3)4/h5-8,18H,1-4H3,(H,20,21). The number of nitrogens with zero attached hydrogens (tertiary/aromatic N) is 3.